The van der Waals surface area contributed by atoms with E-state index in [0.717, 1.165) is 32.7 Å². The van der Waals surface area contributed by atoms with Crippen LogP contribution in [0, 0.1) is 0 Å². The van der Waals surface area contributed by atoms with Gasteiger partial charge in [-0.3, -0.25) is 14.0 Å². The van der Waals surface area contributed by atoms with Crippen LogP contribution in [0.3, 0.4) is 0 Å². The smallest absolute Gasteiger partial charge is 0.264 e. The van der Waals surface area contributed by atoms with Crippen LogP contribution in [0.15, 0.2) is 84.2 Å². The minimum atomic E-state index is -0.246. The molecule has 2 heterocycles. The minimum Gasteiger partial charge on any atom is -0.294 e. The molecule has 49 heavy (non-hydrogen) atoms. The van der Waals surface area contributed by atoms with Gasteiger partial charge in [0.05, 0.1) is 16.4 Å². The number of aromatic nitrogens is 2. The second-order valence-corrected chi connectivity index (χ2v) is 14.6. The lowest BCUT2D eigenvalue weighted by Crippen LogP contribution is -2.13. The molecule has 4 nitrogen and oxygen atoms in total. The zero-order valence-electron chi connectivity index (χ0n) is 25.9. The molecule has 0 saturated heterocycles. The summed E-state index contributed by atoms with van der Waals surface area (Å²) in [6.07, 6.45) is 0. The Hall–Kier alpha value is -4.71. The van der Waals surface area contributed by atoms with Crippen molar-refractivity contribution in [2.75, 3.05) is 0 Å². The number of halogens is 4. The number of imidazole rings is 1. The molecule has 0 bridgehead atoms. The predicted octanol–water partition coefficient (Wildman–Crippen LogP) is 12.6. The largest absolute Gasteiger partial charge is 0.294 e. The summed E-state index contributed by atoms with van der Waals surface area (Å²) in [5.74, 6) is -0.150. The number of Topliss-reactive ketones (excluding diaryl/α,β-unsaturated/α-hetero) is 1. The highest BCUT2D eigenvalue weighted by molar-refractivity contribution is 6.55. The summed E-state index contributed by atoms with van der Waals surface area (Å²) in [5, 5.41) is 12.1. The topological polar surface area (TPSA) is 51.4 Å². The molecular weight excluding hydrogens is 694 g/mol. The molecule has 0 fully saturated rings. The lowest BCUT2D eigenvalue weighted by molar-refractivity contribution is 0.101. The van der Waals surface area contributed by atoms with Crippen molar-refractivity contribution < 1.29 is 4.79 Å². The van der Waals surface area contributed by atoms with Crippen LogP contribution < -0.4 is 5.56 Å². The molecule has 0 N–H and O–H groups in total. The third kappa shape index (κ3) is 3.65. The van der Waals surface area contributed by atoms with Gasteiger partial charge in [-0.2, -0.15) is 0 Å². The quantitative estimate of drug-likeness (QED) is 0.102. The molecule has 10 rings (SSSR count). The lowest BCUT2D eigenvalue weighted by atomic mass is 9.83. The number of ketones is 1. The standard InChI is InChI=1S/C41H20Cl4N2O2/c1-16(2)22-12-26(42)34-37-29(45)15-25-33-24(14-28(44)36(39(33)37)35-27(43)13-23(17(3)48)32(22)38(34)35)40-46-30-10-20-8-18-6-4-5-7-19(18)9-21(20)11-31(30)47(40)41(25)49/h4-15H,1H2,2-3H3. The molecule has 0 aliphatic heterocycles. The Balaban J connectivity index is 1.47. The van der Waals surface area contributed by atoms with Gasteiger partial charge in [0, 0.05) is 74.1 Å². The molecule has 10 aromatic rings. The Morgan fingerprint density at radius 1 is 0.612 bits per heavy atom. The molecule has 0 spiro atoms. The number of hydrogen-bond donors (Lipinski definition) is 0. The van der Waals surface area contributed by atoms with Gasteiger partial charge >= 0.3 is 0 Å². The Kier molecular flexibility index (Phi) is 5.79. The number of benzene rings is 8. The van der Waals surface area contributed by atoms with E-state index in [4.69, 9.17) is 51.4 Å². The van der Waals surface area contributed by atoms with E-state index in [1.54, 1.807) is 16.5 Å². The Bertz CT molecular complexity index is 3220. The van der Waals surface area contributed by atoms with Gasteiger partial charge < -0.3 is 0 Å². The monoisotopic (exact) mass is 712 g/mol. The fourth-order valence-corrected chi connectivity index (χ4v) is 9.29. The van der Waals surface area contributed by atoms with Crippen molar-refractivity contribution in [3.63, 3.8) is 0 Å². The van der Waals surface area contributed by atoms with Crippen molar-refractivity contribution in [2.24, 2.45) is 0 Å². The van der Waals surface area contributed by atoms with Crippen LogP contribution in [0.2, 0.25) is 20.1 Å². The van der Waals surface area contributed by atoms with E-state index < -0.39 is 0 Å². The molecule has 0 unspecified atom stereocenters. The number of carbonyl (C=O) groups excluding carboxylic acids is 1. The Morgan fingerprint density at radius 3 is 1.73 bits per heavy atom. The molecule has 0 aliphatic rings. The number of hydrogen-bond acceptors (Lipinski definition) is 3. The summed E-state index contributed by atoms with van der Waals surface area (Å²) in [7, 11) is 0. The van der Waals surface area contributed by atoms with Crippen LogP contribution >= 0.6 is 46.4 Å². The average Bonchev–Trinajstić information content (AvgIpc) is 3.44. The van der Waals surface area contributed by atoms with E-state index in [1.165, 1.54) is 6.92 Å². The van der Waals surface area contributed by atoms with Crippen molar-refractivity contribution in [2.45, 2.75) is 13.8 Å². The van der Waals surface area contributed by atoms with Crippen molar-refractivity contribution in [1.29, 1.82) is 0 Å². The van der Waals surface area contributed by atoms with E-state index in [2.05, 4.69) is 30.8 Å². The van der Waals surface area contributed by atoms with Gasteiger partial charge in [0.15, 0.2) is 5.78 Å². The molecule has 0 aliphatic carbocycles. The summed E-state index contributed by atoms with van der Waals surface area (Å²) in [6.45, 7) is 7.56. The van der Waals surface area contributed by atoms with Gasteiger partial charge in [0.25, 0.3) is 5.56 Å². The van der Waals surface area contributed by atoms with Crippen molar-refractivity contribution in [3.05, 3.63) is 121 Å². The summed E-state index contributed by atoms with van der Waals surface area (Å²) >= 11 is 28.7. The van der Waals surface area contributed by atoms with E-state index in [0.29, 0.717) is 96.2 Å². The molecule has 0 atom stereocenters. The summed E-state index contributed by atoms with van der Waals surface area (Å²) in [6, 6.07) is 23.6. The number of allylic oxidation sites excluding steroid dienone is 1. The van der Waals surface area contributed by atoms with Crippen LogP contribution in [0.25, 0.3) is 97.7 Å². The molecule has 2 aromatic heterocycles. The van der Waals surface area contributed by atoms with E-state index in [1.807, 2.05) is 43.3 Å². The van der Waals surface area contributed by atoms with Crippen molar-refractivity contribution in [1.82, 2.24) is 9.38 Å². The second kappa shape index (κ2) is 9.71. The number of fused-ring (bicyclic) bond motifs is 8. The number of carbonyl (C=O) groups is 1. The first-order chi connectivity index (χ1) is 23.5. The normalized spacial score (nSPS) is 12.5. The number of nitrogens with zero attached hydrogens (tertiary/aromatic N) is 2. The highest BCUT2D eigenvalue weighted by Crippen LogP contribution is 2.53. The highest BCUT2D eigenvalue weighted by atomic mass is 35.5. The summed E-state index contributed by atoms with van der Waals surface area (Å²) in [5.41, 5.74) is 3.55. The predicted molar refractivity (Wildman–Crippen MR) is 209 cm³/mol. The summed E-state index contributed by atoms with van der Waals surface area (Å²) in [4.78, 5) is 32.7. The third-order valence-corrected chi connectivity index (χ3v) is 11.3. The fraction of sp³-hybridized carbons (Fsp3) is 0.0488. The first-order valence-electron chi connectivity index (χ1n) is 15.6. The zero-order valence-corrected chi connectivity index (χ0v) is 28.9. The maximum Gasteiger partial charge on any atom is 0.264 e. The fourth-order valence-electron chi connectivity index (χ4n) is 8.10. The number of rotatable bonds is 2. The van der Waals surface area contributed by atoms with Crippen LogP contribution in [-0.4, -0.2) is 15.2 Å². The van der Waals surface area contributed by atoms with Gasteiger partial charge in [-0.15, -0.1) is 0 Å². The molecule has 8 aromatic carbocycles. The van der Waals surface area contributed by atoms with Crippen molar-refractivity contribution >= 4 is 150 Å². The highest BCUT2D eigenvalue weighted by Gasteiger charge is 2.28. The summed E-state index contributed by atoms with van der Waals surface area (Å²) < 4.78 is 1.66. The van der Waals surface area contributed by atoms with E-state index in [9.17, 15) is 9.59 Å². The van der Waals surface area contributed by atoms with Crippen LogP contribution in [0.5, 0.6) is 0 Å². The Labute approximate surface area is 297 Å². The lowest BCUT2D eigenvalue weighted by Gasteiger charge is -2.22. The van der Waals surface area contributed by atoms with Crippen LogP contribution in [-0.2, 0) is 0 Å². The number of pyridine rings is 1. The molecular formula is C41H20Cl4N2O2. The zero-order chi connectivity index (χ0) is 33.8. The van der Waals surface area contributed by atoms with Crippen molar-refractivity contribution in [3.8, 4) is 0 Å². The third-order valence-electron chi connectivity index (χ3n) is 10.1. The van der Waals surface area contributed by atoms with Gasteiger partial charge in [-0.05, 0) is 89.5 Å². The van der Waals surface area contributed by atoms with Gasteiger partial charge in [0.1, 0.15) is 5.65 Å². The first kappa shape index (κ1) is 29.2. The minimum absolute atomic E-state index is 0.150. The Morgan fingerprint density at radius 2 is 1.14 bits per heavy atom. The maximum atomic E-state index is 14.6. The van der Waals surface area contributed by atoms with Gasteiger partial charge in [-0.25, -0.2) is 4.98 Å². The molecule has 0 amide bonds. The van der Waals surface area contributed by atoms with Crippen LogP contribution in [0.1, 0.15) is 29.8 Å². The van der Waals surface area contributed by atoms with Gasteiger partial charge in [0.2, 0.25) is 0 Å². The van der Waals surface area contributed by atoms with Gasteiger partial charge in [-0.1, -0.05) is 82.8 Å². The van der Waals surface area contributed by atoms with Crippen LogP contribution in [0.4, 0.5) is 0 Å². The average molecular weight is 714 g/mol. The van der Waals surface area contributed by atoms with E-state index in [-0.39, 0.29) is 11.3 Å². The maximum absolute atomic E-state index is 14.6. The first-order valence-corrected chi connectivity index (χ1v) is 17.1. The molecule has 8 heteroatoms. The SMILES string of the molecule is C=C(C)c1cc(Cl)c2c3c(Cl)cc4c(=O)n5c6cc7cc8ccccc8cc7cc6nc5c5cc(Cl)c(c6c(Cl)cc(C(C)=O)c1c26)c3c45. The second-order valence-electron chi connectivity index (χ2n) is 12.9. The molecule has 0 radical (unpaired) electrons. The van der Waals surface area contributed by atoms with E-state index >= 15 is 0 Å². The molecule has 234 valence electrons. The molecule has 0 saturated carbocycles.